The highest BCUT2D eigenvalue weighted by molar-refractivity contribution is 7.28. The number of carbonyl (C=O) groups is 1. The Morgan fingerprint density at radius 3 is 2.74 bits per heavy atom. The number of pyridine rings is 1. The second-order valence-corrected chi connectivity index (χ2v) is 12.4. The topological polar surface area (TPSA) is 80.2 Å². The zero-order chi connectivity index (χ0) is 26.1. The number of aromatic nitrogens is 3. The van der Waals surface area contributed by atoms with E-state index in [2.05, 4.69) is 43.3 Å². The number of ether oxygens (including phenoxy) is 1. The maximum Gasteiger partial charge on any atom is 0.251 e. The number of rotatable bonds is 3. The van der Waals surface area contributed by atoms with Crippen LogP contribution in [0.1, 0.15) is 68.3 Å². The molecule has 2 aromatic heterocycles. The third-order valence-electron chi connectivity index (χ3n) is 9.24. The third-order valence-corrected chi connectivity index (χ3v) is 9.94. The first kappa shape index (κ1) is 24.7. The van der Waals surface area contributed by atoms with Crippen LogP contribution in [0, 0.1) is 11.8 Å². The lowest BCUT2D eigenvalue weighted by Crippen LogP contribution is -2.43. The first-order valence-electron chi connectivity index (χ1n) is 13.9. The van der Waals surface area contributed by atoms with E-state index in [1.165, 1.54) is 41.5 Å². The molecule has 5 aliphatic rings. The maximum atomic E-state index is 13.1. The third kappa shape index (κ3) is 3.92. The number of fused-ring (bicyclic) bond motifs is 4. The van der Waals surface area contributed by atoms with E-state index in [-0.39, 0.29) is 11.2 Å². The van der Waals surface area contributed by atoms with Crippen LogP contribution in [0.25, 0.3) is 5.57 Å². The fraction of sp³-hybridized carbons (Fsp3) is 0.517. The highest BCUT2D eigenvalue weighted by Crippen LogP contribution is 2.48. The summed E-state index contributed by atoms with van der Waals surface area (Å²) in [4.78, 5) is 29.4. The monoisotopic (exact) mass is 549 g/mol. The van der Waals surface area contributed by atoms with Crippen LogP contribution in [-0.4, -0.2) is 44.9 Å². The first-order chi connectivity index (χ1) is 18.4. The molecule has 0 saturated heterocycles. The Hall–Kier alpha value is -2.34. The molecule has 2 aromatic rings. The minimum Gasteiger partial charge on any atom is -0.419 e. The van der Waals surface area contributed by atoms with Crippen LogP contribution in [0.4, 0.5) is 0 Å². The smallest absolute Gasteiger partial charge is 0.251 e. The first-order valence-corrected chi connectivity index (χ1v) is 14.8. The van der Waals surface area contributed by atoms with E-state index in [0.29, 0.717) is 29.6 Å². The van der Waals surface area contributed by atoms with Crippen molar-refractivity contribution >= 4 is 37.6 Å². The molecule has 1 N–H and O–H groups in total. The summed E-state index contributed by atoms with van der Waals surface area (Å²) in [5.41, 5.74) is 9.08. The zero-order valence-corrected chi connectivity index (χ0v) is 23.9. The molecule has 0 bridgehead atoms. The fourth-order valence-electron chi connectivity index (χ4n) is 7.14. The van der Waals surface area contributed by atoms with E-state index < -0.39 is 0 Å². The Balaban J connectivity index is 1.29. The van der Waals surface area contributed by atoms with Gasteiger partial charge in [-0.25, -0.2) is 9.97 Å². The lowest BCUT2D eigenvalue weighted by molar-refractivity contribution is -0.118. The van der Waals surface area contributed by atoms with Gasteiger partial charge in [0.25, 0.3) is 5.91 Å². The Bertz CT molecular complexity index is 1430. The van der Waals surface area contributed by atoms with Gasteiger partial charge in [-0.1, -0.05) is 29.5 Å². The normalized spacial score (nSPS) is 25.2. The van der Waals surface area contributed by atoms with Crippen LogP contribution in [0.15, 0.2) is 22.9 Å². The highest BCUT2D eigenvalue weighted by atomic mass is 35.5. The van der Waals surface area contributed by atoms with Crippen molar-refractivity contribution < 1.29 is 9.53 Å². The summed E-state index contributed by atoms with van der Waals surface area (Å²) in [6.07, 6.45) is 9.26. The van der Waals surface area contributed by atoms with Gasteiger partial charge in [-0.3, -0.25) is 9.69 Å². The molecule has 0 radical (unpaired) electrons. The predicted octanol–water partition coefficient (Wildman–Crippen LogP) is 4.53. The van der Waals surface area contributed by atoms with Gasteiger partial charge in [-0.05, 0) is 83.4 Å². The average Bonchev–Trinajstić information content (AvgIpc) is 2.86. The van der Waals surface area contributed by atoms with Gasteiger partial charge in [-0.15, -0.1) is 0 Å². The number of halogens is 1. The molecule has 9 heteroatoms. The van der Waals surface area contributed by atoms with E-state index >= 15 is 0 Å². The Labute approximate surface area is 230 Å². The summed E-state index contributed by atoms with van der Waals surface area (Å²) in [7, 11) is 2.88. The van der Waals surface area contributed by atoms with Crippen LogP contribution in [0.3, 0.4) is 0 Å². The quantitative estimate of drug-likeness (QED) is 0.447. The Morgan fingerprint density at radius 1 is 1.11 bits per heavy atom. The number of hydrogen-bond acceptors (Lipinski definition) is 6. The van der Waals surface area contributed by atoms with E-state index in [1.807, 2.05) is 6.20 Å². The molecule has 1 fully saturated rings. The van der Waals surface area contributed by atoms with Crippen molar-refractivity contribution in [3.8, 4) is 11.8 Å². The SMILES string of the molecule is CC1CNC(=O)C2=C1C(C)CC1=C2CCc2cnc(Oc3nc(Cl)nc4c3CN(C3CCC3)CC4)c(P)c21. The van der Waals surface area contributed by atoms with Crippen molar-refractivity contribution in [3.63, 3.8) is 0 Å². The molecule has 1 saturated carbocycles. The largest absolute Gasteiger partial charge is 0.419 e. The van der Waals surface area contributed by atoms with Crippen molar-refractivity contribution in [1.29, 1.82) is 0 Å². The van der Waals surface area contributed by atoms with Gasteiger partial charge < -0.3 is 10.1 Å². The van der Waals surface area contributed by atoms with Crippen LogP contribution >= 0.6 is 20.8 Å². The van der Waals surface area contributed by atoms with Crippen molar-refractivity contribution in [1.82, 2.24) is 25.2 Å². The number of amides is 1. The lowest BCUT2D eigenvalue weighted by atomic mass is 9.68. The number of aryl methyl sites for hydroxylation is 1. The van der Waals surface area contributed by atoms with Gasteiger partial charge in [-0.2, -0.15) is 4.98 Å². The molecule has 7 rings (SSSR count). The molecule has 0 aromatic carbocycles. The van der Waals surface area contributed by atoms with Crippen molar-refractivity contribution in [2.45, 2.75) is 71.4 Å². The summed E-state index contributed by atoms with van der Waals surface area (Å²) in [6.45, 7) is 6.98. The van der Waals surface area contributed by atoms with Crippen LogP contribution in [0.2, 0.25) is 5.28 Å². The van der Waals surface area contributed by atoms with Crippen LogP contribution in [-0.2, 0) is 24.2 Å². The zero-order valence-electron chi connectivity index (χ0n) is 21.9. The van der Waals surface area contributed by atoms with Gasteiger partial charge in [0.15, 0.2) is 0 Å². The summed E-state index contributed by atoms with van der Waals surface area (Å²) in [5, 5.41) is 4.25. The molecule has 3 aliphatic carbocycles. The highest BCUT2D eigenvalue weighted by Gasteiger charge is 2.39. The van der Waals surface area contributed by atoms with E-state index in [9.17, 15) is 4.79 Å². The number of hydrogen-bond donors (Lipinski definition) is 1. The molecule has 4 heterocycles. The number of carbonyl (C=O) groups excluding carboxylic acids is 1. The Kier molecular flexibility index (Phi) is 6.10. The molecule has 198 valence electrons. The second-order valence-electron chi connectivity index (χ2n) is 11.5. The van der Waals surface area contributed by atoms with E-state index in [0.717, 1.165) is 73.0 Å². The second kappa shape index (κ2) is 9.39. The van der Waals surface area contributed by atoms with Crippen molar-refractivity contribution in [2.75, 3.05) is 13.1 Å². The van der Waals surface area contributed by atoms with Crippen LogP contribution < -0.4 is 15.4 Å². The lowest BCUT2D eigenvalue weighted by Gasteiger charge is -2.40. The standard InChI is InChI=1S/C29H33ClN5O2P/c1-14-10-19-18(24-22(14)15(2)11-31-26(24)36)7-6-16-12-32-28(25(38)23(16)19)37-27-20-13-35(17-4-3-5-17)9-8-21(20)33-29(30)34-27/h12,14-15,17H,3-11,13,38H2,1-2H3,(H,31,36). The number of nitrogens with zero attached hydrogens (tertiary/aromatic N) is 4. The molecular weight excluding hydrogens is 517 g/mol. The molecule has 38 heavy (non-hydrogen) atoms. The number of allylic oxidation sites excluding steroid dienone is 1. The fourth-order valence-corrected chi connectivity index (χ4v) is 7.81. The number of nitrogens with one attached hydrogen (secondary N) is 1. The van der Waals surface area contributed by atoms with Gasteiger partial charge in [0.05, 0.1) is 11.3 Å². The minimum atomic E-state index is 0.0784. The molecule has 3 unspecified atom stereocenters. The summed E-state index contributed by atoms with van der Waals surface area (Å²) < 4.78 is 6.48. The van der Waals surface area contributed by atoms with Crippen LogP contribution in [0.5, 0.6) is 11.8 Å². The minimum absolute atomic E-state index is 0.0784. The van der Waals surface area contributed by atoms with Crippen molar-refractivity contribution in [2.24, 2.45) is 11.8 Å². The molecule has 2 aliphatic heterocycles. The van der Waals surface area contributed by atoms with Gasteiger partial charge in [0, 0.05) is 49.2 Å². The molecule has 0 spiro atoms. The van der Waals surface area contributed by atoms with E-state index in [4.69, 9.17) is 21.3 Å². The van der Waals surface area contributed by atoms with Gasteiger partial charge in [0.1, 0.15) is 0 Å². The molecule has 7 nitrogen and oxygen atoms in total. The summed E-state index contributed by atoms with van der Waals surface area (Å²) in [5.74, 6) is 1.80. The van der Waals surface area contributed by atoms with Gasteiger partial charge >= 0.3 is 0 Å². The average molecular weight is 550 g/mol. The Morgan fingerprint density at radius 2 is 1.95 bits per heavy atom. The summed E-state index contributed by atoms with van der Waals surface area (Å²) in [6, 6.07) is 0.642. The van der Waals surface area contributed by atoms with Crippen molar-refractivity contribution in [3.05, 3.63) is 50.6 Å². The van der Waals surface area contributed by atoms with E-state index in [1.54, 1.807) is 0 Å². The summed E-state index contributed by atoms with van der Waals surface area (Å²) >= 11 is 6.35. The predicted molar refractivity (Wildman–Crippen MR) is 151 cm³/mol. The molecule has 1 amide bonds. The molecular formula is C29H33ClN5O2P. The van der Waals surface area contributed by atoms with Gasteiger partial charge in [0.2, 0.25) is 17.0 Å². The maximum absolute atomic E-state index is 13.1. The molecule has 3 atom stereocenters.